The van der Waals surface area contributed by atoms with Crippen molar-refractivity contribution in [2.75, 3.05) is 0 Å². The zero-order valence-electron chi connectivity index (χ0n) is 30.1. The van der Waals surface area contributed by atoms with Crippen LogP contribution in [0.25, 0.3) is 111 Å². The lowest BCUT2D eigenvalue weighted by Crippen LogP contribution is -2.01. The van der Waals surface area contributed by atoms with Gasteiger partial charge in [0, 0.05) is 27.1 Å². The van der Waals surface area contributed by atoms with E-state index in [2.05, 4.69) is 115 Å². The predicted molar refractivity (Wildman–Crippen MR) is 227 cm³/mol. The smallest absolute Gasteiger partial charge is 0.167 e. The zero-order valence-corrected chi connectivity index (χ0v) is 30.1. The Hall–Kier alpha value is -7.63. The summed E-state index contributed by atoms with van der Waals surface area (Å²) in [5, 5.41) is 4.11. The maximum absolute atomic E-state index is 6.51. The highest BCUT2D eigenvalue weighted by Gasteiger charge is 2.22. The summed E-state index contributed by atoms with van der Waals surface area (Å²) < 4.78 is 13.0. The Kier molecular flexibility index (Phi) is 7.42. The van der Waals surface area contributed by atoms with E-state index in [9.17, 15) is 0 Å². The molecular weight excluding hydrogens is 687 g/mol. The van der Waals surface area contributed by atoms with Crippen molar-refractivity contribution < 1.29 is 8.83 Å². The van der Waals surface area contributed by atoms with Crippen LogP contribution in [0, 0.1) is 0 Å². The summed E-state index contributed by atoms with van der Waals surface area (Å²) in [6, 6.07) is 64.7. The molecule has 11 aromatic rings. The van der Waals surface area contributed by atoms with Crippen molar-refractivity contribution in [3.8, 4) is 67.5 Å². The van der Waals surface area contributed by atoms with Crippen molar-refractivity contribution in [3.63, 3.8) is 0 Å². The summed E-state index contributed by atoms with van der Waals surface area (Å²) in [5.74, 6) is 1.58. The van der Waals surface area contributed by atoms with Gasteiger partial charge in [-0.3, -0.25) is 0 Å². The molecule has 5 heteroatoms. The van der Waals surface area contributed by atoms with Gasteiger partial charge in [-0.05, 0) is 69.8 Å². The van der Waals surface area contributed by atoms with Crippen LogP contribution in [-0.4, -0.2) is 15.0 Å². The van der Waals surface area contributed by atoms with E-state index < -0.39 is 0 Å². The summed E-state index contributed by atoms with van der Waals surface area (Å²) in [7, 11) is 0. The van der Waals surface area contributed by atoms with Crippen LogP contribution in [0.5, 0.6) is 0 Å². The maximum Gasteiger partial charge on any atom is 0.167 e. The van der Waals surface area contributed by atoms with Crippen molar-refractivity contribution in [2.24, 2.45) is 0 Å². The van der Waals surface area contributed by atoms with Gasteiger partial charge >= 0.3 is 0 Å². The molecule has 3 aromatic heterocycles. The standard InChI is InChI=1S/C51H31N3O2/c1-3-13-32(14-4-1)33-25-27-34(28-26-33)36-29-30-41(44(31-36)35-15-5-2-6-16-35)49-52-50(42-21-11-19-39-37-17-7-9-23-45(37)55-47(39)42)54-51(53-49)43-22-12-20-40-38-18-8-10-24-46(38)56-48(40)43/h1-31H. The van der Waals surface area contributed by atoms with Crippen molar-refractivity contribution in [1.29, 1.82) is 0 Å². The molecule has 0 atom stereocenters. The second kappa shape index (κ2) is 13.0. The molecule has 0 N–H and O–H groups in total. The summed E-state index contributed by atoms with van der Waals surface area (Å²) in [6.45, 7) is 0. The van der Waals surface area contributed by atoms with Gasteiger partial charge in [0.2, 0.25) is 0 Å². The summed E-state index contributed by atoms with van der Waals surface area (Å²) in [6.07, 6.45) is 0. The normalized spacial score (nSPS) is 11.6. The molecule has 0 bridgehead atoms. The molecule has 0 unspecified atom stereocenters. The van der Waals surface area contributed by atoms with Gasteiger partial charge in [0.05, 0.1) is 11.1 Å². The van der Waals surface area contributed by atoms with Crippen LogP contribution in [0.2, 0.25) is 0 Å². The second-order valence-corrected chi connectivity index (χ2v) is 13.9. The molecule has 0 aliphatic heterocycles. The molecule has 0 fully saturated rings. The first-order chi connectivity index (χ1) is 27.7. The third kappa shape index (κ3) is 5.37. The lowest BCUT2D eigenvalue weighted by molar-refractivity contribution is 0.669. The van der Waals surface area contributed by atoms with Crippen molar-refractivity contribution >= 4 is 43.9 Å². The topological polar surface area (TPSA) is 65.0 Å². The van der Waals surface area contributed by atoms with Crippen LogP contribution < -0.4 is 0 Å². The number of hydrogen-bond donors (Lipinski definition) is 0. The van der Waals surface area contributed by atoms with Crippen LogP contribution in [0.4, 0.5) is 0 Å². The average molecular weight is 718 g/mol. The fourth-order valence-corrected chi connectivity index (χ4v) is 7.84. The maximum atomic E-state index is 6.51. The largest absolute Gasteiger partial charge is 0.455 e. The Morgan fingerprint density at radius 1 is 0.268 bits per heavy atom. The minimum atomic E-state index is 0.516. The van der Waals surface area contributed by atoms with Crippen LogP contribution in [0.15, 0.2) is 197 Å². The molecule has 56 heavy (non-hydrogen) atoms. The number of aromatic nitrogens is 3. The molecule has 0 aliphatic carbocycles. The van der Waals surface area contributed by atoms with Gasteiger partial charge in [0.1, 0.15) is 22.3 Å². The van der Waals surface area contributed by atoms with Gasteiger partial charge in [-0.15, -0.1) is 0 Å². The number of para-hydroxylation sites is 4. The fraction of sp³-hybridized carbons (Fsp3) is 0. The highest BCUT2D eigenvalue weighted by Crippen LogP contribution is 2.40. The number of furan rings is 2. The number of rotatable bonds is 6. The fourth-order valence-electron chi connectivity index (χ4n) is 7.84. The monoisotopic (exact) mass is 717 g/mol. The zero-order chi connectivity index (χ0) is 37.0. The summed E-state index contributed by atoms with van der Waals surface area (Å²) >= 11 is 0. The minimum Gasteiger partial charge on any atom is -0.455 e. The average Bonchev–Trinajstić information content (AvgIpc) is 3.86. The van der Waals surface area contributed by atoms with Crippen LogP contribution >= 0.6 is 0 Å². The second-order valence-electron chi connectivity index (χ2n) is 13.9. The van der Waals surface area contributed by atoms with E-state index in [1.54, 1.807) is 0 Å². The summed E-state index contributed by atoms with van der Waals surface area (Å²) in [5.41, 5.74) is 12.2. The van der Waals surface area contributed by atoms with E-state index in [0.717, 1.165) is 82.8 Å². The van der Waals surface area contributed by atoms with E-state index in [0.29, 0.717) is 17.5 Å². The van der Waals surface area contributed by atoms with Gasteiger partial charge < -0.3 is 8.83 Å². The third-order valence-corrected chi connectivity index (χ3v) is 10.6. The van der Waals surface area contributed by atoms with Gasteiger partial charge in [-0.1, -0.05) is 152 Å². The van der Waals surface area contributed by atoms with Crippen molar-refractivity contribution in [3.05, 3.63) is 188 Å². The first kappa shape index (κ1) is 31.9. The first-order valence-corrected chi connectivity index (χ1v) is 18.7. The molecule has 0 spiro atoms. The molecule has 0 saturated carbocycles. The SMILES string of the molecule is c1ccc(-c2ccc(-c3ccc(-c4nc(-c5cccc6c5oc5ccccc56)nc(-c5cccc6c5oc5ccccc56)n4)c(-c4ccccc4)c3)cc2)cc1. The van der Waals surface area contributed by atoms with E-state index in [1.807, 2.05) is 72.8 Å². The number of fused-ring (bicyclic) bond motifs is 6. The first-order valence-electron chi connectivity index (χ1n) is 18.7. The molecule has 262 valence electrons. The van der Waals surface area contributed by atoms with E-state index in [1.165, 1.54) is 11.1 Å². The van der Waals surface area contributed by atoms with E-state index in [-0.39, 0.29) is 0 Å². The highest BCUT2D eigenvalue weighted by atomic mass is 16.3. The predicted octanol–water partition coefficient (Wildman–Crippen LogP) is 13.7. The molecular formula is C51H31N3O2. The lowest BCUT2D eigenvalue weighted by Gasteiger charge is -2.14. The van der Waals surface area contributed by atoms with Crippen LogP contribution in [-0.2, 0) is 0 Å². The molecule has 0 saturated heterocycles. The number of benzene rings is 8. The van der Waals surface area contributed by atoms with Gasteiger partial charge in [-0.2, -0.15) is 0 Å². The van der Waals surface area contributed by atoms with Gasteiger partial charge in [0.15, 0.2) is 17.5 Å². The van der Waals surface area contributed by atoms with Crippen LogP contribution in [0.1, 0.15) is 0 Å². The Bertz CT molecular complexity index is 3110. The molecule has 8 aromatic carbocycles. The Labute approximate surface area is 322 Å². The van der Waals surface area contributed by atoms with E-state index >= 15 is 0 Å². The molecule has 5 nitrogen and oxygen atoms in total. The minimum absolute atomic E-state index is 0.516. The Morgan fingerprint density at radius 2 is 0.679 bits per heavy atom. The van der Waals surface area contributed by atoms with Gasteiger partial charge in [-0.25, -0.2) is 15.0 Å². The molecule has 0 amide bonds. The highest BCUT2D eigenvalue weighted by molar-refractivity contribution is 6.10. The van der Waals surface area contributed by atoms with Crippen molar-refractivity contribution in [1.82, 2.24) is 15.0 Å². The molecule has 0 aliphatic rings. The number of hydrogen-bond acceptors (Lipinski definition) is 5. The Balaban J connectivity index is 1.14. The Morgan fingerprint density at radius 3 is 1.23 bits per heavy atom. The summed E-state index contributed by atoms with van der Waals surface area (Å²) in [4.78, 5) is 15.7. The molecule has 11 rings (SSSR count). The lowest BCUT2D eigenvalue weighted by atomic mass is 9.93. The van der Waals surface area contributed by atoms with Crippen molar-refractivity contribution in [2.45, 2.75) is 0 Å². The van der Waals surface area contributed by atoms with Gasteiger partial charge in [0.25, 0.3) is 0 Å². The number of nitrogens with zero attached hydrogens (tertiary/aromatic N) is 3. The quantitative estimate of drug-likeness (QED) is 0.171. The van der Waals surface area contributed by atoms with Crippen LogP contribution in [0.3, 0.4) is 0 Å². The van der Waals surface area contributed by atoms with E-state index in [4.69, 9.17) is 23.8 Å². The molecule has 3 heterocycles. The third-order valence-electron chi connectivity index (χ3n) is 10.6. The molecule has 0 radical (unpaired) electrons.